The van der Waals surface area contributed by atoms with Crippen LogP contribution in [0.1, 0.15) is 61.1 Å². The lowest BCUT2D eigenvalue weighted by molar-refractivity contribution is 0.0498. The van der Waals surface area contributed by atoms with Crippen LogP contribution in [0.3, 0.4) is 0 Å². The standard InChI is InChI=1S/C17H23NO4/c1-17(2,3)22-16(20)18-14-10-6-7-11-12(14)8-5-9-13(11)15(19)21-4/h5,8-9,14H,6-7,10H2,1-4H3,(H,18,20)/t14-/m1/s1. The van der Waals surface area contributed by atoms with E-state index in [9.17, 15) is 9.59 Å². The summed E-state index contributed by atoms with van der Waals surface area (Å²) in [7, 11) is 1.38. The van der Waals surface area contributed by atoms with Crippen LogP contribution in [0.25, 0.3) is 0 Å². The minimum atomic E-state index is -0.532. The van der Waals surface area contributed by atoms with Gasteiger partial charge in [-0.2, -0.15) is 0 Å². The molecular formula is C17H23NO4. The number of fused-ring (bicyclic) bond motifs is 1. The van der Waals surface area contributed by atoms with Crippen LogP contribution in [0.4, 0.5) is 4.79 Å². The number of rotatable bonds is 2. The van der Waals surface area contributed by atoms with Gasteiger partial charge in [-0.15, -0.1) is 0 Å². The number of esters is 1. The van der Waals surface area contributed by atoms with Crippen LogP contribution in [0.15, 0.2) is 18.2 Å². The van der Waals surface area contributed by atoms with Crippen molar-refractivity contribution in [2.45, 2.75) is 51.7 Å². The van der Waals surface area contributed by atoms with Gasteiger partial charge in [-0.1, -0.05) is 12.1 Å². The largest absolute Gasteiger partial charge is 0.465 e. The zero-order valence-electron chi connectivity index (χ0n) is 13.6. The lowest BCUT2D eigenvalue weighted by Crippen LogP contribution is -2.36. The Morgan fingerprint density at radius 3 is 2.64 bits per heavy atom. The molecule has 0 saturated carbocycles. The van der Waals surface area contributed by atoms with Crippen molar-refractivity contribution in [3.63, 3.8) is 0 Å². The SMILES string of the molecule is COC(=O)c1cccc2c1CCC[C@H]2NC(=O)OC(C)(C)C. The van der Waals surface area contributed by atoms with E-state index in [0.29, 0.717) is 5.56 Å². The molecule has 2 rings (SSSR count). The number of benzene rings is 1. The minimum Gasteiger partial charge on any atom is -0.465 e. The molecule has 1 aliphatic rings. The molecule has 120 valence electrons. The average molecular weight is 305 g/mol. The molecule has 0 aliphatic heterocycles. The minimum absolute atomic E-state index is 0.136. The predicted octanol–water partition coefficient (Wildman–Crippen LogP) is 3.38. The summed E-state index contributed by atoms with van der Waals surface area (Å²) in [6.07, 6.45) is 2.11. The van der Waals surface area contributed by atoms with E-state index < -0.39 is 11.7 Å². The molecule has 0 radical (unpaired) electrons. The third kappa shape index (κ3) is 3.78. The maximum atomic E-state index is 12.0. The highest BCUT2D eigenvalue weighted by Gasteiger charge is 2.27. The molecule has 1 amide bonds. The molecule has 0 fully saturated rings. The fourth-order valence-corrected chi connectivity index (χ4v) is 2.75. The summed E-state index contributed by atoms with van der Waals surface area (Å²) in [5.74, 6) is -0.338. The number of nitrogens with one attached hydrogen (secondary N) is 1. The number of amides is 1. The van der Waals surface area contributed by atoms with Crippen molar-refractivity contribution in [1.82, 2.24) is 5.32 Å². The van der Waals surface area contributed by atoms with Crippen LogP contribution in [0.2, 0.25) is 0 Å². The van der Waals surface area contributed by atoms with Crippen LogP contribution in [-0.4, -0.2) is 24.8 Å². The van der Waals surface area contributed by atoms with Gasteiger partial charge in [0.15, 0.2) is 0 Å². The number of hydrogen-bond acceptors (Lipinski definition) is 4. The molecule has 5 nitrogen and oxygen atoms in total. The molecule has 1 aromatic rings. The molecule has 1 aromatic carbocycles. The van der Waals surface area contributed by atoms with Crippen LogP contribution < -0.4 is 5.32 Å². The summed E-state index contributed by atoms with van der Waals surface area (Å²) < 4.78 is 10.1. The fraction of sp³-hybridized carbons (Fsp3) is 0.529. The Kier molecular flexibility index (Phi) is 4.74. The molecule has 1 N–H and O–H groups in total. The summed E-state index contributed by atoms with van der Waals surface area (Å²) in [5, 5.41) is 2.90. The molecule has 0 saturated heterocycles. The third-order valence-electron chi connectivity index (χ3n) is 3.60. The van der Waals surface area contributed by atoms with Crippen LogP contribution in [0.5, 0.6) is 0 Å². The number of carbonyl (C=O) groups is 2. The Labute approximate surface area is 131 Å². The van der Waals surface area contributed by atoms with E-state index in [1.165, 1.54) is 7.11 Å². The van der Waals surface area contributed by atoms with Gasteiger partial charge >= 0.3 is 12.1 Å². The van der Waals surface area contributed by atoms with Crippen molar-refractivity contribution >= 4 is 12.1 Å². The Hall–Kier alpha value is -2.04. The first kappa shape index (κ1) is 16.3. The lowest BCUT2D eigenvalue weighted by atomic mass is 9.85. The van der Waals surface area contributed by atoms with Gasteiger partial charge in [0.25, 0.3) is 0 Å². The van der Waals surface area contributed by atoms with E-state index in [0.717, 1.165) is 30.4 Å². The van der Waals surface area contributed by atoms with Crippen molar-refractivity contribution in [3.8, 4) is 0 Å². The zero-order valence-corrected chi connectivity index (χ0v) is 13.6. The summed E-state index contributed by atoms with van der Waals surface area (Å²) >= 11 is 0. The summed E-state index contributed by atoms with van der Waals surface area (Å²) in [5.41, 5.74) is 1.98. The van der Waals surface area contributed by atoms with Crippen LogP contribution >= 0.6 is 0 Å². The molecule has 1 atom stereocenters. The second kappa shape index (κ2) is 6.38. The van der Waals surface area contributed by atoms with Gasteiger partial charge in [-0.05, 0) is 57.2 Å². The normalized spacial score (nSPS) is 17.4. The van der Waals surface area contributed by atoms with Gasteiger partial charge in [-0.3, -0.25) is 0 Å². The Bertz CT molecular complexity index is 575. The van der Waals surface area contributed by atoms with E-state index in [1.807, 2.05) is 32.9 Å². The smallest absolute Gasteiger partial charge is 0.408 e. The molecule has 1 aliphatic carbocycles. The molecule has 0 spiro atoms. The lowest BCUT2D eigenvalue weighted by Gasteiger charge is -2.29. The molecule has 0 bridgehead atoms. The van der Waals surface area contributed by atoms with E-state index in [1.54, 1.807) is 6.07 Å². The van der Waals surface area contributed by atoms with Crippen molar-refractivity contribution < 1.29 is 19.1 Å². The van der Waals surface area contributed by atoms with Gasteiger partial charge in [0.05, 0.1) is 18.7 Å². The number of carbonyl (C=O) groups excluding carboxylic acids is 2. The van der Waals surface area contributed by atoms with Crippen LogP contribution in [-0.2, 0) is 15.9 Å². The molecule has 22 heavy (non-hydrogen) atoms. The van der Waals surface area contributed by atoms with Crippen molar-refractivity contribution in [2.24, 2.45) is 0 Å². The molecular weight excluding hydrogens is 282 g/mol. The number of ether oxygens (including phenoxy) is 2. The molecule has 0 aromatic heterocycles. The quantitative estimate of drug-likeness (QED) is 0.851. The van der Waals surface area contributed by atoms with Gasteiger partial charge in [0, 0.05) is 0 Å². The second-order valence-electron chi connectivity index (χ2n) is 6.46. The predicted molar refractivity (Wildman–Crippen MR) is 82.8 cm³/mol. The number of alkyl carbamates (subject to hydrolysis) is 1. The number of hydrogen-bond donors (Lipinski definition) is 1. The highest BCUT2D eigenvalue weighted by atomic mass is 16.6. The summed E-state index contributed by atoms with van der Waals surface area (Å²) in [6, 6.07) is 5.40. The van der Waals surface area contributed by atoms with Crippen molar-refractivity contribution in [1.29, 1.82) is 0 Å². The first-order valence-corrected chi connectivity index (χ1v) is 7.51. The molecule has 5 heteroatoms. The Morgan fingerprint density at radius 1 is 1.27 bits per heavy atom. The fourth-order valence-electron chi connectivity index (χ4n) is 2.75. The topological polar surface area (TPSA) is 64.6 Å². The van der Waals surface area contributed by atoms with Crippen LogP contribution in [0, 0.1) is 0 Å². The van der Waals surface area contributed by atoms with Gasteiger partial charge in [0.2, 0.25) is 0 Å². The van der Waals surface area contributed by atoms with E-state index in [2.05, 4.69) is 5.32 Å². The highest BCUT2D eigenvalue weighted by Crippen LogP contribution is 2.32. The molecule has 0 heterocycles. The van der Waals surface area contributed by atoms with Gasteiger partial charge < -0.3 is 14.8 Å². The first-order valence-electron chi connectivity index (χ1n) is 7.51. The second-order valence-corrected chi connectivity index (χ2v) is 6.46. The highest BCUT2D eigenvalue weighted by molar-refractivity contribution is 5.91. The van der Waals surface area contributed by atoms with Crippen molar-refractivity contribution in [2.75, 3.05) is 7.11 Å². The zero-order chi connectivity index (χ0) is 16.3. The number of methoxy groups -OCH3 is 1. The third-order valence-corrected chi connectivity index (χ3v) is 3.60. The van der Waals surface area contributed by atoms with Crippen molar-refractivity contribution in [3.05, 3.63) is 34.9 Å². The summed E-state index contributed by atoms with van der Waals surface area (Å²) in [6.45, 7) is 5.49. The average Bonchev–Trinajstić information content (AvgIpc) is 2.44. The van der Waals surface area contributed by atoms with E-state index in [4.69, 9.17) is 9.47 Å². The van der Waals surface area contributed by atoms with E-state index in [-0.39, 0.29) is 12.0 Å². The first-order chi connectivity index (χ1) is 10.3. The van der Waals surface area contributed by atoms with Gasteiger partial charge in [-0.25, -0.2) is 9.59 Å². The monoisotopic (exact) mass is 305 g/mol. The van der Waals surface area contributed by atoms with E-state index >= 15 is 0 Å². The molecule has 0 unspecified atom stereocenters. The Morgan fingerprint density at radius 2 is 2.00 bits per heavy atom. The maximum absolute atomic E-state index is 12.0. The maximum Gasteiger partial charge on any atom is 0.408 e. The van der Waals surface area contributed by atoms with Gasteiger partial charge in [0.1, 0.15) is 5.60 Å². The Balaban J connectivity index is 2.22. The summed E-state index contributed by atoms with van der Waals surface area (Å²) in [4.78, 5) is 23.9.